The van der Waals surface area contributed by atoms with Gasteiger partial charge in [-0.05, 0) is 35.0 Å². The quantitative estimate of drug-likeness (QED) is 0.691. The number of carbonyl (C=O) groups excluding carboxylic acids is 1. The summed E-state index contributed by atoms with van der Waals surface area (Å²) in [5, 5.41) is 29.2. The van der Waals surface area contributed by atoms with Gasteiger partial charge in [-0.2, -0.15) is 0 Å². The second-order valence-electron chi connectivity index (χ2n) is 3.47. The Morgan fingerprint density at radius 3 is 2.56 bits per heavy atom. The van der Waals surface area contributed by atoms with Crippen molar-refractivity contribution in [1.82, 2.24) is 0 Å². The van der Waals surface area contributed by atoms with Crippen molar-refractivity contribution in [3.63, 3.8) is 0 Å². The molecule has 0 radical (unpaired) electrons. The van der Waals surface area contributed by atoms with E-state index in [4.69, 9.17) is 0 Å². The number of carbonyl (C=O) groups is 1. The molecule has 0 aliphatic rings. The van der Waals surface area contributed by atoms with Gasteiger partial charge in [0.15, 0.2) is 6.10 Å². The molecule has 100 valence electrons. The Bertz CT molecular complexity index is 449. The van der Waals surface area contributed by atoms with Gasteiger partial charge in [-0.3, -0.25) is 0 Å². The van der Waals surface area contributed by atoms with Crippen LogP contribution in [-0.2, 0) is 9.53 Å². The van der Waals surface area contributed by atoms with Crippen LogP contribution in [0.2, 0.25) is 0 Å². The van der Waals surface area contributed by atoms with E-state index < -0.39 is 18.2 Å². The maximum absolute atomic E-state index is 11.3. The Labute approximate surface area is 121 Å². The fraction of sp³-hybridized carbons (Fsp3) is 0.364. The highest BCUT2D eigenvalue weighted by molar-refractivity contribution is 9.11. The van der Waals surface area contributed by atoms with Gasteiger partial charge in [0.05, 0.1) is 11.1 Å². The van der Waals surface area contributed by atoms with Crippen molar-refractivity contribution in [2.24, 2.45) is 0 Å². The minimum atomic E-state index is -1.75. The smallest absolute Gasteiger partial charge is 0.338 e. The van der Waals surface area contributed by atoms with Crippen molar-refractivity contribution in [2.75, 3.05) is 6.61 Å². The van der Waals surface area contributed by atoms with Crippen molar-refractivity contribution in [3.8, 4) is 5.75 Å². The first-order chi connectivity index (χ1) is 8.38. The first-order valence-corrected chi connectivity index (χ1v) is 6.67. The van der Waals surface area contributed by atoms with Crippen molar-refractivity contribution < 1.29 is 24.9 Å². The summed E-state index contributed by atoms with van der Waals surface area (Å²) in [5.41, 5.74) is 0.0248. The van der Waals surface area contributed by atoms with Crippen LogP contribution in [0, 0.1) is 0 Å². The number of phenols is 1. The molecule has 0 saturated carbocycles. The van der Waals surface area contributed by atoms with E-state index in [9.17, 15) is 20.1 Å². The first kappa shape index (κ1) is 15.4. The molecule has 0 saturated heterocycles. The van der Waals surface area contributed by atoms with Gasteiger partial charge in [0.25, 0.3) is 0 Å². The molecule has 0 aliphatic carbocycles. The lowest BCUT2D eigenvalue weighted by Gasteiger charge is -2.18. The molecule has 0 spiro atoms. The standard InChI is InChI=1S/C11H12Br2O5/c1-2-18-11(17)10(16)9(15)6-3-5(12)4-7(13)8(6)14/h3-4,9-10,14-16H,2H2,1H3. The molecule has 2 atom stereocenters. The summed E-state index contributed by atoms with van der Waals surface area (Å²) in [5.74, 6) is -1.19. The molecule has 0 aliphatic heterocycles. The van der Waals surface area contributed by atoms with Crippen LogP contribution < -0.4 is 0 Å². The van der Waals surface area contributed by atoms with Gasteiger partial charge in [0.2, 0.25) is 0 Å². The van der Waals surface area contributed by atoms with Gasteiger partial charge in [-0.1, -0.05) is 15.9 Å². The summed E-state index contributed by atoms with van der Waals surface area (Å²) >= 11 is 6.28. The number of hydrogen-bond donors (Lipinski definition) is 3. The molecule has 0 amide bonds. The highest BCUT2D eigenvalue weighted by atomic mass is 79.9. The highest BCUT2D eigenvalue weighted by Crippen LogP contribution is 2.36. The summed E-state index contributed by atoms with van der Waals surface area (Å²) in [6.07, 6.45) is -3.32. The number of phenolic OH excluding ortho intramolecular Hbond substituents is 1. The summed E-state index contributed by atoms with van der Waals surface area (Å²) in [6, 6.07) is 2.98. The van der Waals surface area contributed by atoms with E-state index in [1.807, 2.05) is 0 Å². The van der Waals surface area contributed by atoms with Crippen LogP contribution in [0.3, 0.4) is 0 Å². The molecule has 3 N–H and O–H groups in total. The largest absolute Gasteiger partial charge is 0.506 e. The van der Waals surface area contributed by atoms with E-state index in [0.717, 1.165) is 0 Å². The molecule has 0 bridgehead atoms. The zero-order chi connectivity index (χ0) is 13.9. The summed E-state index contributed by atoms with van der Waals surface area (Å²) in [4.78, 5) is 11.3. The summed E-state index contributed by atoms with van der Waals surface area (Å²) in [6.45, 7) is 1.68. The fourth-order valence-corrected chi connectivity index (χ4v) is 2.60. The Morgan fingerprint density at radius 2 is 2.00 bits per heavy atom. The van der Waals surface area contributed by atoms with E-state index in [1.54, 1.807) is 13.0 Å². The van der Waals surface area contributed by atoms with Crippen LogP contribution in [0.5, 0.6) is 5.75 Å². The number of rotatable bonds is 4. The third-order valence-electron chi connectivity index (χ3n) is 2.20. The maximum atomic E-state index is 11.3. The summed E-state index contributed by atoms with van der Waals surface area (Å²) < 4.78 is 5.51. The van der Waals surface area contributed by atoms with Crippen LogP contribution in [0.15, 0.2) is 21.1 Å². The Morgan fingerprint density at radius 1 is 1.39 bits per heavy atom. The SMILES string of the molecule is CCOC(=O)C(O)C(O)c1cc(Br)cc(Br)c1O. The molecule has 0 fully saturated rings. The number of hydrogen-bond acceptors (Lipinski definition) is 5. The van der Waals surface area contributed by atoms with E-state index in [-0.39, 0.29) is 17.9 Å². The number of aliphatic hydroxyl groups excluding tert-OH is 2. The predicted molar refractivity (Wildman–Crippen MR) is 71.1 cm³/mol. The van der Waals surface area contributed by atoms with Crippen LogP contribution >= 0.6 is 31.9 Å². The molecule has 0 aromatic heterocycles. The molecular formula is C11H12Br2O5. The van der Waals surface area contributed by atoms with E-state index in [0.29, 0.717) is 8.95 Å². The molecule has 1 aromatic rings. The molecular weight excluding hydrogens is 372 g/mol. The Balaban J connectivity index is 3.03. The third-order valence-corrected chi connectivity index (χ3v) is 3.27. The zero-order valence-electron chi connectivity index (χ0n) is 9.43. The van der Waals surface area contributed by atoms with Crippen LogP contribution in [-0.4, -0.2) is 34.0 Å². The van der Waals surface area contributed by atoms with Gasteiger partial charge in [0.1, 0.15) is 11.9 Å². The van der Waals surface area contributed by atoms with Gasteiger partial charge in [-0.25, -0.2) is 4.79 Å². The zero-order valence-corrected chi connectivity index (χ0v) is 12.6. The monoisotopic (exact) mass is 382 g/mol. The van der Waals surface area contributed by atoms with Crippen LogP contribution in [0.25, 0.3) is 0 Å². The molecule has 18 heavy (non-hydrogen) atoms. The molecule has 0 heterocycles. The Hall–Kier alpha value is -0.630. The first-order valence-electron chi connectivity index (χ1n) is 5.09. The second kappa shape index (κ2) is 6.51. The predicted octanol–water partition coefficient (Wildman–Crippen LogP) is 1.87. The lowest BCUT2D eigenvalue weighted by atomic mass is 10.0. The van der Waals surface area contributed by atoms with Crippen LogP contribution in [0.1, 0.15) is 18.6 Å². The number of esters is 1. The number of benzene rings is 1. The molecule has 5 nitrogen and oxygen atoms in total. The van der Waals surface area contributed by atoms with Crippen LogP contribution in [0.4, 0.5) is 0 Å². The lowest BCUT2D eigenvalue weighted by Crippen LogP contribution is -2.30. The van der Waals surface area contributed by atoms with Gasteiger partial charge in [0, 0.05) is 10.0 Å². The van der Waals surface area contributed by atoms with Crippen molar-refractivity contribution in [2.45, 2.75) is 19.1 Å². The van der Waals surface area contributed by atoms with Gasteiger partial charge < -0.3 is 20.1 Å². The average Bonchev–Trinajstić information content (AvgIpc) is 2.32. The summed E-state index contributed by atoms with van der Waals surface area (Å²) in [7, 11) is 0. The number of aliphatic hydroxyl groups is 2. The minimum Gasteiger partial charge on any atom is -0.506 e. The highest BCUT2D eigenvalue weighted by Gasteiger charge is 2.29. The fourth-order valence-electron chi connectivity index (χ4n) is 1.34. The van der Waals surface area contributed by atoms with Crippen molar-refractivity contribution >= 4 is 37.8 Å². The number of ether oxygens (including phenoxy) is 1. The van der Waals surface area contributed by atoms with Gasteiger partial charge >= 0.3 is 5.97 Å². The Kier molecular flexibility index (Phi) is 5.58. The third kappa shape index (κ3) is 3.44. The van der Waals surface area contributed by atoms with Crippen molar-refractivity contribution in [3.05, 3.63) is 26.6 Å². The van der Waals surface area contributed by atoms with Crippen molar-refractivity contribution in [1.29, 1.82) is 0 Å². The van der Waals surface area contributed by atoms with E-state index in [1.165, 1.54) is 6.07 Å². The second-order valence-corrected chi connectivity index (χ2v) is 5.24. The average molecular weight is 384 g/mol. The molecule has 1 aromatic carbocycles. The molecule has 1 rings (SSSR count). The maximum Gasteiger partial charge on any atom is 0.338 e. The van der Waals surface area contributed by atoms with E-state index in [2.05, 4.69) is 36.6 Å². The topological polar surface area (TPSA) is 87.0 Å². The number of aromatic hydroxyl groups is 1. The number of halogens is 2. The van der Waals surface area contributed by atoms with E-state index >= 15 is 0 Å². The molecule has 7 heteroatoms. The minimum absolute atomic E-state index is 0.0248. The lowest BCUT2D eigenvalue weighted by molar-refractivity contribution is -0.159. The molecule has 2 unspecified atom stereocenters. The van der Waals surface area contributed by atoms with Gasteiger partial charge in [-0.15, -0.1) is 0 Å². The normalized spacial score (nSPS) is 14.1.